The molecule has 1 aliphatic rings. The van der Waals surface area contributed by atoms with E-state index in [0.29, 0.717) is 42.5 Å². The molecular formula is C20H22F2N6O3. The lowest BCUT2D eigenvalue weighted by atomic mass is 10.1. The Labute approximate surface area is 177 Å². The van der Waals surface area contributed by atoms with Gasteiger partial charge in [-0.2, -0.15) is 8.78 Å². The lowest BCUT2D eigenvalue weighted by Crippen LogP contribution is -2.38. The third kappa shape index (κ3) is 4.93. The Bertz CT molecular complexity index is 1070. The van der Waals surface area contributed by atoms with Crippen molar-refractivity contribution in [3.63, 3.8) is 0 Å². The van der Waals surface area contributed by atoms with Crippen LogP contribution in [0.25, 0.3) is 5.65 Å². The van der Waals surface area contributed by atoms with Crippen molar-refractivity contribution in [2.75, 3.05) is 19.9 Å². The SMILES string of the molecule is CCNC(=NCc1cc2c(cc1OC(F)F)OCO2)NCCc1nnc2ccccn12. The van der Waals surface area contributed by atoms with E-state index in [1.807, 2.05) is 35.7 Å². The van der Waals surface area contributed by atoms with Crippen molar-refractivity contribution < 1.29 is 23.0 Å². The zero-order valence-corrected chi connectivity index (χ0v) is 16.8. The standard InChI is InChI=1S/C20H22F2N6O3/c1-2-23-20(24-7-6-18-27-26-17-5-3-4-8-28(17)18)25-11-13-9-15-16(30-12-29-15)10-14(13)31-19(21)22/h3-5,8-10,19H,2,6-7,11-12H2,1H3,(H2,23,24,25). The van der Waals surface area contributed by atoms with Crippen LogP contribution in [0.4, 0.5) is 8.78 Å². The molecule has 0 saturated heterocycles. The van der Waals surface area contributed by atoms with Gasteiger partial charge in [0.15, 0.2) is 23.1 Å². The molecule has 3 heterocycles. The van der Waals surface area contributed by atoms with E-state index < -0.39 is 6.61 Å². The highest BCUT2D eigenvalue weighted by atomic mass is 19.3. The molecule has 4 rings (SSSR count). The fraction of sp³-hybridized carbons (Fsp3) is 0.350. The number of hydrogen-bond acceptors (Lipinski definition) is 6. The number of pyridine rings is 1. The van der Waals surface area contributed by atoms with E-state index in [2.05, 4.69) is 30.6 Å². The number of alkyl halides is 2. The second kappa shape index (κ2) is 9.45. The quantitative estimate of drug-likeness (QED) is 0.417. The van der Waals surface area contributed by atoms with Crippen molar-refractivity contribution in [2.24, 2.45) is 4.99 Å². The van der Waals surface area contributed by atoms with Gasteiger partial charge in [-0.25, -0.2) is 4.99 Å². The van der Waals surface area contributed by atoms with E-state index >= 15 is 0 Å². The van der Waals surface area contributed by atoms with Gasteiger partial charge in [0, 0.05) is 37.3 Å². The third-order valence-corrected chi connectivity index (χ3v) is 4.55. The van der Waals surface area contributed by atoms with E-state index in [-0.39, 0.29) is 19.1 Å². The number of hydrogen-bond donors (Lipinski definition) is 2. The number of aromatic nitrogens is 3. The summed E-state index contributed by atoms with van der Waals surface area (Å²) >= 11 is 0. The number of guanidine groups is 1. The molecule has 2 N–H and O–H groups in total. The molecule has 2 aromatic heterocycles. The fourth-order valence-electron chi connectivity index (χ4n) is 3.15. The molecule has 31 heavy (non-hydrogen) atoms. The highest BCUT2D eigenvalue weighted by Gasteiger charge is 2.20. The largest absolute Gasteiger partial charge is 0.454 e. The molecule has 0 radical (unpaired) electrons. The van der Waals surface area contributed by atoms with Crippen molar-refractivity contribution in [3.8, 4) is 17.2 Å². The van der Waals surface area contributed by atoms with Gasteiger partial charge in [0.1, 0.15) is 11.6 Å². The Morgan fingerprint density at radius 1 is 1.23 bits per heavy atom. The molecule has 3 aromatic rings. The molecule has 0 atom stereocenters. The maximum Gasteiger partial charge on any atom is 0.387 e. The molecule has 9 nitrogen and oxygen atoms in total. The van der Waals surface area contributed by atoms with Gasteiger partial charge < -0.3 is 24.8 Å². The molecule has 0 amide bonds. The monoisotopic (exact) mass is 432 g/mol. The van der Waals surface area contributed by atoms with Crippen LogP contribution in [0.1, 0.15) is 18.3 Å². The molecular weight excluding hydrogens is 410 g/mol. The minimum absolute atomic E-state index is 0.00813. The average molecular weight is 432 g/mol. The summed E-state index contributed by atoms with van der Waals surface area (Å²) in [4.78, 5) is 4.49. The van der Waals surface area contributed by atoms with Crippen LogP contribution in [-0.2, 0) is 13.0 Å². The van der Waals surface area contributed by atoms with Gasteiger partial charge in [0.05, 0.1) is 6.54 Å². The van der Waals surface area contributed by atoms with Crippen molar-refractivity contribution in [3.05, 3.63) is 47.9 Å². The molecule has 1 aromatic carbocycles. The first-order chi connectivity index (χ1) is 15.1. The normalized spacial score (nSPS) is 13.1. The maximum atomic E-state index is 12.8. The van der Waals surface area contributed by atoms with Crippen molar-refractivity contribution in [1.29, 1.82) is 0 Å². The average Bonchev–Trinajstić information content (AvgIpc) is 3.38. The summed E-state index contributed by atoms with van der Waals surface area (Å²) in [5.41, 5.74) is 1.25. The minimum Gasteiger partial charge on any atom is -0.454 e. The number of fused-ring (bicyclic) bond motifs is 2. The van der Waals surface area contributed by atoms with Crippen LogP contribution in [0.3, 0.4) is 0 Å². The number of benzene rings is 1. The summed E-state index contributed by atoms with van der Waals surface area (Å²) in [6, 6.07) is 8.72. The zero-order chi connectivity index (χ0) is 21.6. The van der Waals surface area contributed by atoms with Gasteiger partial charge in [-0.05, 0) is 25.1 Å². The van der Waals surface area contributed by atoms with Gasteiger partial charge >= 0.3 is 6.61 Å². The van der Waals surface area contributed by atoms with E-state index in [1.165, 1.54) is 6.07 Å². The van der Waals surface area contributed by atoms with Crippen LogP contribution in [-0.4, -0.2) is 47.1 Å². The third-order valence-electron chi connectivity index (χ3n) is 4.55. The Balaban J connectivity index is 1.44. The van der Waals surface area contributed by atoms with E-state index in [9.17, 15) is 8.78 Å². The summed E-state index contributed by atoms with van der Waals surface area (Å²) in [5, 5.41) is 14.7. The molecule has 0 unspecified atom stereocenters. The predicted octanol–water partition coefficient (Wildman–Crippen LogP) is 2.36. The second-order valence-electron chi connectivity index (χ2n) is 6.61. The second-order valence-corrected chi connectivity index (χ2v) is 6.61. The lowest BCUT2D eigenvalue weighted by Gasteiger charge is -2.13. The van der Waals surface area contributed by atoms with E-state index in [1.54, 1.807) is 6.07 Å². The van der Waals surface area contributed by atoms with Crippen LogP contribution in [0.15, 0.2) is 41.5 Å². The fourth-order valence-corrected chi connectivity index (χ4v) is 3.15. The molecule has 0 bridgehead atoms. The van der Waals surface area contributed by atoms with Crippen LogP contribution in [0.5, 0.6) is 17.2 Å². The highest BCUT2D eigenvalue weighted by molar-refractivity contribution is 5.79. The first-order valence-corrected chi connectivity index (χ1v) is 9.82. The Morgan fingerprint density at radius 3 is 2.87 bits per heavy atom. The van der Waals surface area contributed by atoms with Crippen LogP contribution in [0, 0.1) is 0 Å². The van der Waals surface area contributed by atoms with Gasteiger partial charge in [-0.15, -0.1) is 10.2 Å². The van der Waals surface area contributed by atoms with Crippen molar-refractivity contribution >= 4 is 11.6 Å². The minimum atomic E-state index is -2.95. The van der Waals surface area contributed by atoms with Gasteiger partial charge in [0.25, 0.3) is 0 Å². The maximum absolute atomic E-state index is 12.8. The van der Waals surface area contributed by atoms with Crippen LogP contribution in [0.2, 0.25) is 0 Å². The highest BCUT2D eigenvalue weighted by Crippen LogP contribution is 2.39. The first kappa shape index (κ1) is 20.6. The molecule has 0 saturated carbocycles. The summed E-state index contributed by atoms with van der Waals surface area (Å²) in [7, 11) is 0. The van der Waals surface area contributed by atoms with Crippen LogP contribution >= 0.6 is 0 Å². The molecule has 0 aliphatic carbocycles. The molecule has 11 heteroatoms. The van der Waals surface area contributed by atoms with Crippen molar-refractivity contribution in [2.45, 2.75) is 26.5 Å². The predicted molar refractivity (Wildman–Crippen MR) is 109 cm³/mol. The van der Waals surface area contributed by atoms with E-state index in [0.717, 1.165) is 11.5 Å². The first-order valence-electron chi connectivity index (χ1n) is 9.82. The zero-order valence-electron chi connectivity index (χ0n) is 16.8. The Hall–Kier alpha value is -3.63. The molecule has 0 fully saturated rings. The number of halogens is 2. The number of aliphatic imine (C=N–C) groups is 1. The Kier molecular flexibility index (Phi) is 6.29. The lowest BCUT2D eigenvalue weighted by molar-refractivity contribution is -0.0505. The van der Waals surface area contributed by atoms with Gasteiger partial charge in [-0.3, -0.25) is 4.40 Å². The Morgan fingerprint density at radius 2 is 2.06 bits per heavy atom. The number of rotatable bonds is 8. The number of nitrogens with zero attached hydrogens (tertiary/aromatic N) is 4. The summed E-state index contributed by atoms with van der Waals surface area (Å²) < 4.78 is 42.8. The summed E-state index contributed by atoms with van der Waals surface area (Å²) in [6.45, 7) is 0.339. The molecule has 0 spiro atoms. The van der Waals surface area contributed by atoms with Crippen LogP contribution < -0.4 is 24.8 Å². The van der Waals surface area contributed by atoms with E-state index in [4.69, 9.17) is 9.47 Å². The smallest absolute Gasteiger partial charge is 0.387 e. The molecule has 164 valence electrons. The summed E-state index contributed by atoms with van der Waals surface area (Å²) in [5.74, 6) is 2.21. The number of nitrogens with one attached hydrogen (secondary N) is 2. The van der Waals surface area contributed by atoms with Gasteiger partial charge in [0.2, 0.25) is 6.79 Å². The molecule has 1 aliphatic heterocycles. The van der Waals surface area contributed by atoms with Crippen molar-refractivity contribution in [1.82, 2.24) is 25.2 Å². The summed E-state index contributed by atoms with van der Waals surface area (Å²) in [6.07, 6.45) is 2.54. The van der Waals surface area contributed by atoms with Gasteiger partial charge in [-0.1, -0.05) is 6.07 Å². The number of ether oxygens (including phenoxy) is 3. The topological polar surface area (TPSA) is 94.3 Å².